The molecule has 0 spiro atoms. The molecule has 0 aliphatic rings. The van der Waals surface area contributed by atoms with E-state index in [2.05, 4.69) is 46.0 Å². The molecule has 0 unspecified atom stereocenters. The zero-order valence-electron chi connectivity index (χ0n) is 15.9. The molecule has 1 aromatic carbocycles. The maximum Gasteiger partial charge on any atom is 0.293 e. The zero-order valence-corrected chi connectivity index (χ0v) is 16.8. The SMILES string of the molecule is Cn1cnnc1SCc1c(C(=O)N/N=C\c2ccccc2O)nnn1-c1nonc1N. The van der Waals surface area contributed by atoms with Crippen molar-refractivity contribution in [2.75, 3.05) is 5.73 Å². The van der Waals surface area contributed by atoms with Crippen LogP contribution in [-0.4, -0.2) is 57.3 Å². The summed E-state index contributed by atoms with van der Waals surface area (Å²) in [4.78, 5) is 12.7. The number of anilines is 1. The van der Waals surface area contributed by atoms with Crippen LogP contribution in [0.25, 0.3) is 5.82 Å². The molecule has 4 rings (SSSR count). The number of nitrogens with two attached hydrogens (primary N) is 1. The number of hydrogen-bond acceptors (Lipinski definition) is 12. The Balaban J connectivity index is 1.59. The molecule has 4 N–H and O–H groups in total. The number of aromatic hydroxyl groups is 1. The van der Waals surface area contributed by atoms with E-state index in [4.69, 9.17) is 5.73 Å². The molecule has 15 heteroatoms. The van der Waals surface area contributed by atoms with Gasteiger partial charge in [0.2, 0.25) is 11.6 Å². The van der Waals surface area contributed by atoms with Gasteiger partial charge in [-0.2, -0.15) is 9.78 Å². The standard InChI is InChI=1S/C16H15N11O3S/c1-26-8-19-22-16(26)31-7-10-12(20-25-27(10)14-13(17)23-30-24-14)15(29)21-18-6-9-4-2-3-5-11(9)28/h2-6,8,28H,7H2,1H3,(H2,17,23)(H,21,29)/b18-6-. The molecule has 0 atom stereocenters. The van der Waals surface area contributed by atoms with Crippen LogP contribution in [0.1, 0.15) is 21.7 Å². The molecule has 31 heavy (non-hydrogen) atoms. The first kappa shape index (κ1) is 20.0. The van der Waals surface area contributed by atoms with E-state index >= 15 is 0 Å². The molecule has 0 aliphatic heterocycles. The number of thioether (sulfide) groups is 1. The van der Waals surface area contributed by atoms with Crippen LogP contribution in [0.15, 0.2) is 45.5 Å². The van der Waals surface area contributed by atoms with Gasteiger partial charge in [0.15, 0.2) is 10.9 Å². The van der Waals surface area contributed by atoms with Crippen LogP contribution in [0.4, 0.5) is 5.82 Å². The number of nitrogen functional groups attached to an aromatic ring is 1. The van der Waals surface area contributed by atoms with Crippen molar-refractivity contribution in [1.82, 2.24) is 45.5 Å². The van der Waals surface area contributed by atoms with Crippen LogP contribution in [0.3, 0.4) is 0 Å². The van der Waals surface area contributed by atoms with Gasteiger partial charge in [-0.05, 0) is 22.4 Å². The van der Waals surface area contributed by atoms with Gasteiger partial charge in [0.25, 0.3) is 5.91 Å². The maximum atomic E-state index is 12.7. The molecule has 3 heterocycles. The fourth-order valence-electron chi connectivity index (χ4n) is 2.46. The number of para-hydroxylation sites is 1. The fourth-order valence-corrected chi connectivity index (χ4v) is 3.34. The second-order valence-corrected chi connectivity index (χ2v) is 6.98. The van der Waals surface area contributed by atoms with Gasteiger partial charge in [0.1, 0.15) is 12.1 Å². The summed E-state index contributed by atoms with van der Waals surface area (Å²) in [6.07, 6.45) is 2.87. The fraction of sp³-hybridized carbons (Fsp3) is 0.125. The third kappa shape index (κ3) is 4.20. The van der Waals surface area contributed by atoms with Crippen molar-refractivity contribution in [1.29, 1.82) is 0 Å². The molecule has 158 valence electrons. The highest BCUT2D eigenvalue weighted by Gasteiger charge is 2.24. The third-order valence-corrected chi connectivity index (χ3v) is 5.03. The number of phenols is 1. The van der Waals surface area contributed by atoms with E-state index < -0.39 is 5.91 Å². The largest absolute Gasteiger partial charge is 0.507 e. The number of aryl methyl sites for hydroxylation is 1. The maximum absolute atomic E-state index is 12.7. The molecule has 1 amide bonds. The second kappa shape index (κ2) is 8.62. The molecule has 0 bridgehead atoms. The second-order valence-electron chi connectivity index (χ2n) is 6.04. The molecule has 0 fully saturated rings. The van der Waals surface area contributed by atoms with Crippen LogP contribution in [0.5, 0.6) is 5.75 Å². The Bertz CT molecular complexity index is 1250. The molecule has 0 saturated carbocycles. The summed E-state index contributed by atoms with van der Waals surface area (Å²) in [5, 5.41) is 37.2. The number of amides is 1. The number of aromatic nitrogens is 8. The van der Waals surface area contributed by atoms with Crippen molar-refractivity contribution in [3.05, 3.63) is 47.5 Å². The van der Waals surface area contributed by atoms with E-state index in [-0.39, 0.29) is 28.8 Å². The lowest BCUT2D eigenvalue weighted by Gasteiger charge is -2.05. The van der Waals surface area contributed by atoms with Gasteiger partial charge < -0.3 is 15.4 Å². The van der Waals surface area contributed by atoms with Gasteiger partial charge in [0, 0.05) is 18.4 Å². The van der Waals surface area contributed by atoms with Gasteiger partial charge in [-0.25, -0.2) is 10.1 Å². The number of hydrazone groups is 1. The van der Waals surface area contributed by atoms with E-state index in [1.807, 2.05) is 0 Å². The summed E-state index contributed by atoms with van der Waals surface area (Å²) in [5.74, 6) is -0.280. The molecule has 0 aliphatic carbocycles. The van der Waals surface area contributed by atoms with Crippen LogP contribution >= 0.6 is 11.8 Å². The highest BCUT2D eigenvalue weighted by atomic mass is 32.2. The van der Waals surface area contributed by atoms with Crippen molar-refractivity contribution in [3.8, 4) is 11.6 Å². The first-order valence-corrected chi connectivity index (χ1v) is 9.64. The molecule has 3 aromatic heterocycles. The minimum atomic E-state index is -0.624. The van der Waals surface area contributed by atoms with Crippen molar-refractivity contribution >= 4 is 29.7 Å². The topological polar surface area (TPSA) is 188 Å². The Morgan fingerprint density at radius 2 is 2.19 bits per heavy atom. The summed E-state index contributed by atoms with van der Waals surface area (Å²) in [6.45, 7) is 0. The molecule has 0 saturated heterocycles. The molecular weight excluding hydrogens is 426 g/mol. The number of benzene rings is 1. The lowest BCUT2D eigenvalue weighted by atomic mass is 10.2. The van der Waals surface area contributed by atoms with E-state index in [1.54, 1.807) is 36.1 Å². The first-order chi connectivity index (χ1) is 15.0. The van der Waals surface area contributed by atoms with Crippen LogP contribution in [-0.2, 0) is 12.8 Å². The molecule has 14 nitrogen and oxygen atoms in total. The van der Waals surface area contributed by atoms with Crippen LogP contribution in [0.2, 0.25) is 0 Å². The minimum Gasteiger partial charge on any atom is -0.507 e. The monoisotopic (exact) mass is 441 g/mol. The predicted octanol–water partition coefficient (Wildman–Crippen LogP) is 0.123. The summed E-state index contributed by atoms with van der Waals surface area (Å²) in [7, 11) is 1.79. The molecule has 0 radical (unpaired) electrons. The summed E-state index contributed by atoms with van der Waals surface area (Å²) in [5.41, 5.74) is 8.92. The van der Waals surface area contributed by atoms with Crippen molar-refractivity contribution in [2.45, 2.75) is 10.9 Å². The lowest BCUT2D eigenvalue weighted by molar-refractivity contribution is 0.0949. The van der Waals surface area contributed by atoms with Crippen molar-refractivity contribution in [3.63, 3.8) is 0 Å². The smallest absolute Gasteiger partial charge is 0.293 e. The quantitative estimate of drug-likeness (QED) is 0.201. The van der Waals surface area contributed by atoms with Gasteiger partial charge in [-0.1, -0.05) is 29.1 Å². The summed E-state index contributed by atoms with van der Waals surface area (Å²) >= 11 is 1.30. The predicted molar refractivity (Wildman–Crippen MR) is 107 cm³/mol. The number of carbonyl (C=O) groups is 1. The Morgan fingerprint density at radius 1 is 1.35 bits per heavy atom. The Morgan fingerprint density at radius 3 is 2.90 bits per heavy atom. The highest BCUT2D eigenvalue weighted by Crippen LogP contribution is 2.24. The number of nitrogens with one attached hydrogen (secondary N) is 1. The normalized spacial score (nSPS) is 11.3. The van der Waals surface area contributed by atoms with Crippen molar-refractivity contribution < 1.29 is 14.5 Å². The Labute approximate surface area is 178 Å². The minimum absolute atomic E-state index is 0.00787. The van der Waals surface area contributed by atoms with Crippen molar-refractivity contribution in [2.24, 2.45) is 12.1 Å². The van der Waals surface area contributed by atoms with Gasteiger partial charge in [0.05, 0.1) is 11.9 Å². The van der Waals surface area contributed by atoms with E-state index in [9.17, 15) is 9.90 Å². The average molecular weight is 441 g/mol. The average Bonchev–Trinajstić information content (AvgIpc) is 3.47. The number of carbonyl (C=O) groups excluding carboxylic acids is 1. The number of phenolic OH excluding ortho intramolecular Hbond substituents is 1. The van der Waals surface area contributed by atoms with Gasteiger partial charge in [-0.15, -0.1) is 15.3 Å². The van der Waals surface area contributed by atoms with Gasteiger partial charge in [-0.3, -0.25) is 4.79 Å². The van der Waals surface area contributed by atoms with Crippen LogP contribution in [0, 0.1) is 0 Å². The van der Waals surface area contributed by atoms with E-state index in [1.165, 1.54) is 28.7 Å². The Kier molecular flexibility index (Phi) is 5.57. The molecule has 4 aromatic rings. The number of rotatable bonds is 7. The zero-order chi connectivity index (χ0) is 21.8. The van der Waals surface area contributed by atoms with Crippen LogP contribution < -0.4 is 11.2 Å². The summed E-state index contributed by atoms with van der Waals surface area (Å²) < 4.78 is 7.61. The summed E-state index contributed by atoms with van der Waals surface area (Å²) in [6, 6.07) is 6.55. The highest BCUT2D eigenvalue weighted by molar-refractivity contribution is 7.98. The van der Waals surface area contributed by atoms with E-state index in [0.717, 1.165) is 0 Å². The third-order valence-electron chi connectivity index (χ3n) is 3.99. The number of nitrogens with zero attached hydrogens (tertiary/aromatic N) is 9. The Hall–Kier alpha value is -4.27. The first-order valence-electron chi connectivity index (χ1n) is 8.65. The van der Waals surface area contributed by atoms with E-state index in [0.29, 0.717) is 16.4 Å². The molecular formula is C16H15N11O3S. The lowest BCUT2D eigenvalue weighted by Crippen LogP contribution is -2.20. The number of hydrogen-bond donors (Lipinski definition) is 3. The van der Waals surface area contributed by atoms with Gasteiger partial charge >= 0.3 is 0 Å².